The van der Waals surface area contributed by atoms with Crippen LogP contribution in [0.25, 0.3) is 0 Å². The second-order valence-corrected chi connectivity index (χ2v) is 4.17. The molecule has 1 aliphatic heterocycles. The molecule has 1 aliphatic rings. The summed E-state index contributed by atoms with van der Waals surface area (Å²) in [5, 5.41) is 0. The Kier molecular flexibility index (Phi) is 4.27. The van der Waals surface area contributed by atoms with Crippen LogP contribution in [0.1, 0.15) is 33.6 Å². The average Bonchev–Trinajstić information content (AvgIpc) is 2.46. The van der Waals surface area contributed by atoms with Gasteiger partial charge in [0.2, 0.25) is 0 Å². The minimum atomic E-state index is -0.306. The van der Waals surface area contributed by atoms with Gasteiger partial charge in [-0.2, -0.15) is 0 Å². The zero-order valence-electron chi connectivity index (χ0n) is 9.49. The largest absolute Gasteiger partial charge is 0.459 e. The molecule has 0 spiro atoms. The van der Waals surface area contributed by atoms with E-state index in [1.807, 2.05) is 13.8 Å². The summed E-state index contributed by atoms with van der Waals surface area (Å²) in [7, 11) is 0. The lowest BCUT2D eigenvalue weighted by Gasteiger charge is -2.18. The van der Waals surface area contributed by atoms with Crippen molar-refractivity contribution in [2.75, 3.05) is 6.61 Å². The molecule has 3 unspecified atom stereocenters. The Hall–Kier alpha value is -0.900. The highest BCUT2D eigenvalue weighted by Crippen LogP contribution is 2.23. The van der Waals surface area contributed by atoms with Crippen LogP contribution < -0.4 is 0 Å². The monoisotopic (exact) mass is 214 g/mol. The standard InChI is InChI=1S/C11H18O4/c1-7-6-14-9(3)11(7)15-10(13)5-4-8(2)12/h7,9,11H,4-6H2,1-3H3. The van der Waals surface area contributed by atoms with E-state index in [1.165, 1.54) is 6.92 Å². The summed E-state index contributed by atoms with van der Waals surface area (Å²) >= 11 is 0. The van der Waals surface area contributed by atoms with Gasteiger partial charge < -0.3 is 14.3 Å². The number of esters is 1. The predicted molar refractivity (Wildman–Crippen MR) is 54.4 cm³/mol. The molecule has 0 radical (unpaired) electrons. The first-order valence-electron chi connectivity index (χ1n) is 5.31. The first-order valence-corrected chi connectivity index (χ1v) is 5.31. The highest BCUT2D eigenvalue weighted by molar-refractivity contribution is 5.81. The zero-order chi connectivity index (χ0) is 11.4. The molecule has 1 saturated heterocycles. The van der Waals surface area contributed by atoms with Gasteiger partial charge in [0.25, 0.3) is 0 Å². The highest BCUT2D eigenvalue weighted by atomic mass is 16.6. The minimum absolute atomic E-state index is 0.00992. The van der Waals surface area contributed by atoms with Crippen LogP contribution in [0.15, 0.2) is 0 Å². The van der Waals surface area contributed by atoms with Crippen LogP contribution in [0.4, 0.5) is 0 Å². The van der Waals surface area contributed by atoms with Crippen LogP contribution in [-0.2, 0) is 19.1 Å². The van der Waals surface area contributed by atoms with Crippen molar-refractivity contribution >= 4 is 11.8 Å². The van der Waals surface area contributed by atoms with E-state index in [0.717, 1.165) is 0 Å². The van der Waals surface area contributed by atoms with Crippen molar-refractivity contribution in [1.29, 1.82) is 0 Å². The lowest BCUT2D eigenvalue weighted by atomic mass is 10.1. The molecule has 0 amide bonds. The van der Waals surface area contributed by atoms with E-state index in [4.69, 9.17) is 9.47 Å². The molecule has 0 aromatic heterocycles. The van der Waals surface area contributed by atoms with E-state index >= 15 is 0 Å². The van der Waals surface area contributed by atoms with Crippen LogP contribution in [0, 0.1) is 5.92 Å². The van der Waals surface area contributed by atoms with E-state index in [0.29, 0.717) is 6.61 Å². The Morgan fingerprint density at radius 1 is 1.33 bits per heavy atom. The van der Waals surface area contributed by atoms with Gasteiger partial charge in [-0.15, -0.1) is 0 Å². The third-order valence-electron chi connectivity index (χ3n) is 2.59. The highest BCUT2D eigenvalue weighted by Gasteiger charge is 2.34. The Morgan fingerprint density at radius 2 is 2.00 bits per heavy atom. The number of hydrogen-bond acceptors (Lipinski definition) is 4. The van der Waals surface area contributed by atoms with Gasteiger partial charge in [-0.05, 0) is 13.8 Å². The van der Waals surface area contributed by atoms with Crippen LogP contribution in [-0.4, -0.2) is 30.6 Å². The Labute approximate surface area is 89.9 Å². The second-order valence-electron chi connectivity index (χ2n) is 4.17. The fourth-order valence-electron chi connectivity index (χ4n) is 1.66. The van der Waals surface area contributed by atoms with Crippen molar-refractivity contribution in [3.63, 3.8) is 0 Å². The van der Waals surface area contributed by atoms with Gasteiger partial charge in [-0.1, -0.05) is 6.92 Å². The van der Waals surface area contributed by atoms with Crippen LogP contribution in [0.5, 0.6) is 0 Å². The fourth-order valence-corrected chi connectivity index (χ4v) is 1.66. The van der Waals surface area contributed by atoms with Gasteiger partial charge in [-0.3, -0.25) is 4.79 Å². The maximum atomic E-state index is 11.4. The third kappa shape index (κ3) is 3.63. The van der Waals surface area contributed by atoms with E-state index in [9.17, 15) is 9.59 Å². The maximum Gasteiger partial charge on any atom is 0.306 e. The molecule has 86 valence electrons. The molecule has 0 bridgehead atoms. The SMILES string of the molecule is CC(=O)CCC(=O)OC1C(C)COC1C. The van der Waals surface area contributed by atoms with Crippen LogP contribution >= 0.6 is 0 Å². The summed E-state index contributed by atoms with van der Waals surface area (Å²) < 4.78 is 10.6. The van der Waals surface area contributed by atoms with Crippen molar-refractivity contribution in [3.8, 4) is 0 Å². The molecule has 0 aliphatic carbocycles. The first-order chi connectivity index (χ1) is 7.00. The summed E-state index contributed by atoms with van der Waals surface area (Å²) in [6, 6.07) is 0. The van der Waals surface area contributed by atoms with Crippen LogP contribution in [0.3, 0.4) is 0 Å². The van der Waals surface area contributed by atoms with Gasteiger partial charge >= 0.3 is 5.97 Å². The first kappa shape index (κ1) is 12.2. The molecule has 1 rings (SSSR count). The van der Waals surface area contributed by atoms with Crippen molar-refractivity contribution in [3.05, 3.63) is 0 Å². The van der Waals surface area contributed by atoms with E-state index < -0.39 is 0 Å². The summed E-state index contributed by atoms with van der Waals surface area (Å²) in [5.74, 6) is -0.0589. The number of carbonyl (C=O) groups excluding carboxylic acids is 2. The lowest BCUT2D eigenvalue weighted by molar-refractivity contribution is -0.153. The van der Waals surface area contributed by atoms with Crippen molar-refractivity contribution in [2.45, 2.75) is 45.8 Å². The number of carbonyl (C=O) groups is 2. The summed E-state index contributed by atoms with van der Waals surface area (Å²) in [5.41, 5.74) is 0. The fraction of sp³-hybridized carbons (Fsp3) is 0.818. The maximum absolute atomic E-state index is 11.4. The van der Waals surface area contributed by atoms with E-state index in [1.54, 1.807) is 0 Å². The number of rotatable bonds is 4. The van der Waals surface area contributed by atoms with Gasteiger partial charge in [-0.25, -0.2) is 0 Å². The van der Waals surface area contributed by atoms with Crippen molar-refractivity contribution in [1.82, 2.24) is 0 Å². The molecule has 3 atom stereocenters. The van der Waals surface area contributed by atoms with Gasteiger partial charge in [0, 0.05) is 12.3 Å². The minimum Gasteiger partial charge on any atom is -0.459 e. The lowest BCUT2D eigenvalue weighted by Crippen LogP contribution is -2.29. The van der Waals surface area contributed by atoms with Gasteiger partial charge in [0.15, 0.2) is 0 Å². The molecule has 1 fully saturated rings. The second kappa shape index (κ2) is 5.26. The molecular formula is C11H18O4. The number of Topliss-reactive ketones (excluding diaryl/α,β-unsaturated/α-hetero) is 1. The Bertz CT molecular complexity index is 239. The summed E-state index contributed by atoms with van der Waals surface area (Å²) in [4.78, 5) is 22.0. The normalized spacial score (nSPS) is 30.2. The molecule has 4 nitrogen and oxygen atoms in total. The summed E-state index contributed by atoms with van der Waals surface area (Å²) in [6.07, 6.45) is 0.228. The summed E-state index contributed by atoms with van der Waals surface area (Å²) in [6.45, 7) is 5.99. The number of ether oxygens (including phenoxy) is 2. The van der Waals surface area contributed by atoms with Gasteiger partial charge in [0.1, 0.15) is 11.9 Å². The van der Waals surface area contributed by atoms with Crippen molar-refractivity contribution in [2.24, 2.45) is 5.92 Å². The topological polar surface area (TPSA) is 52.6 Å². The average molecular weight is 214 g/mol. The predicted octanol–water partition coefficient (Wildman–Crippen LogP) is 1.32. The van der Waals surface area contributed by atoms with Gasteiger partial charge in [0.05, 0.1) is 19.1 Å². The molecule has 0 N–H and O–H groups in total. The molecule has 0 aromatic rings. The molecular weight excluding hydrogens is 196 g/mol. The number of hydrogen-bond donors (Lipinski definition) is 0. The van der Waals surface area contributed by atoms with E-state index in [-0.39, 0.29) is 42.7 Å². The quantitative estimate of drug-likeness (QED) is 0.662. The van der Waals surface area contributed by atoms with Crippen molar-refractivity contribution < 1.29 is 19.1 Å². The van der Waals surface area contributed by atoms with E-state index in [2.05, 4.69) is 0 Å². The molecule has 0 saturated carbocycles. The van der Waals surface area contributed by atoms with Crippen LogP contribution in [0.2, 0.25) is 0 Å². The number of ketones is 1. The molecule has 0 aromatic carbocycles. The zero-order valence-corrected chi connectivity index (χ0v) is 9.49. The molecule has 15 heavy (non-hydrogen) atoms. The smallest absolute Gasteiger partial charge is 0.306 e. The Balaban J connectivity index is 2.33. The third-order valence-corrected chi connectivity index (χ3v) is 2.59. The Morgan fingerprint density at radius 3 is 2.47 bits per heavy atom. The molecule has 1 heterocycles. The molecule has 4 heteroatoms.